The number of carboxylic acids is 1. The van der Waals surface area contributed by atoms with Crippen LogP contribution in [0.4, 0.5) is 19.0 Å². The van der Waals surface area contributed by atoms with Crippen LogP contribution in [0.1, 0.15) is 10.4 Å². The maximum atomic E-state index is 11.8. The quantitative estimate of drug-likeness (QED) is 0.793. The Kier molecular flexibility index (Phi) is 4.55. The lowest BCUT2D eigenvalue weighted by molar-refractivity contribution is -0.0327. The average Bonchev–Trinajstić information content (AvgIpc) is 2.23. The average molecular weight is 267 g/mol. The Morgan fingerprint density at radius 3 is 2.82 bits per heavy atom. The maximum absolute atomic E-state index is 11.8. The minimum absolute atomic E-state index is 0.0391. The molecule has 0 aliphatic carbocycles. The number of hydrogen-bond donors (Lipinski definition) is 2. The van der Waals surface area contributed by atoms with Gasteiger partial charge in [-0.2, -0.15) is 18.3 Å². The van der Waals surface area contributed by atoms with E-state index in [9.17, 15) is 18.0 Å². The Morgan fingerprint density at radius 2 is 2.24 bits per heavy atom. The molecule has 0 aliphatic rings. The van der Waals surface area contributed by atoms with Gasteiger partial charge >= 0.3 is 11.5 Å². The number of halogens is 3. The molecule has 17 heavy (non-hydrogen) atoms. The van der Waals surface area contributed by atoms with Gasteiger partial charge in [0.05, 0.1) is 6.20 Å². The van der Waals surface area contributed by atoms with E-state index in [0.29, 0.717) is 0 Å². The molecule has 0 bridgehead atoms. The SMILES string of the molecule is O=C(O)c1ccnnc1NCCSC(F)(F)F. The van der Waals surface area contributed by atoms with Crippen molar-refractivity contribution in [2.24, 2.45) is 0 Å². The number of rotatable bonds is 5. The van der Waals surface area contributed by atoms with Crippen molar-refractivity contribution in [2.75, 3.05) is 17.6 Å². The zero-order valence-electron chi connectivity index (χ0n) is 8.36. The monoisotopic (exact) mass is 267 g/mol. The van der Waals surface area contributed by atoms with Gasteiger partial charge in [-0.3, -0.25) is 0 Å². The highest BCUT2D eigenvalue weighted by Crippen LogP contribution is 2.29. The summed E-state index contributed by atoms with van der Waals surface area (Å²) in [6, 6.07) is 1.22. The van der Waals surface area contributed by atoms with Crippen molar-refractivity contribution in [1.29, 1.82) is 0 Å². The molecule has 1 aromatic rings. The molecule has 0 amide bonds. The first-order valence-corrected chi connectivity index (χ1v) is 5.38. The molecule has 0 saturated carbocycles. The molecule has 1 aromatic heterocycles. The van der Waals surface area contributed by atoms with Crippen molar-refractivity contribution >= 4 is 23.5 Å². The zero-order valence-corrected chi connectivity index (χ0v) is 9.18. The molecule has 5 nitrogen and oxygen atoms in total. The predicted octanol–water partition coefficient (Wildman–Crippen LogP) is 1.84. The van der Waals surface area contributed by atoms with Crippen LogP contribution in [0.25, 0.3) is 0 Å². The van der Waals surface area contributed by atoms with E-state index in [4.69, 9.17) is 5.11 Å². The Balaban J connectivity index is 2.49. The summed E-state index contributed by atoms with van der Waals surface area (Å²) in [5, 5.41) is 18.2. The molecule has 0 fully saturated rings. The second kappa shape index (κ2) is 5.71. The highest BCUT2D eigenvalue weighted by Gasteiger charge is 2.27. The molecule has 0 atom stereocenters. The number of carboxylic acid groups (broad SMARTS) is 1. The summed E-state index contributed by atoms with van der Waals surface area (Å²) in [7, 11) is 0. The molecule has 0 saturated heterocycles. The van der Waals surface area contributed by atoms with Crippen LogP contribution in [0.5, 0.6) is 0 Å². The van der Waals surface area contributed by atoms with Crippen molar-refractivity contribution in [3.05, 3.63) is 17.8 Å². The number of nitrogens with zero attached hydrogens (tertiary/aromatic N) is 2. The van der Waals surface area contributed by atoms with Crippen molar-refractivity contribution in [3.8, 4) is 0 Å². The van der Waals surface area contributed by atoms with Crippen LogP contribution in [0, 0.1) is 0 Å². The molecular formula is C8H8F3N3O2S. The molecule has 94 valence electrons. The van der Waals surface area contributed by atoms with E-state index in [-0.39, 0.29) is 35.4 Å². The van der Waals surface area contributed by atoms with Gasteiger partial charge in [0.1, 0.15) is 5.56 Å². The van der Waals surface area contributed by atoms with Gasteiger partial charge in [0.2, 0.25) is 0 Å². The first-order chi connectivity index (χ1) is 7.90. The smallest absolute Gasteiger partial charge is 0.441 e. The van der Waals surface area contributed by atoms with Gasteiger partial charge in [-0.1, -0.05) is 0 Å². The van der Waals surface area contributed by atoms with Crippen LogP contribution < -0.4 is 5.32 Å². The summed E-state index contributed by atoms with van der Waals surface area (Å²) < 4.78 is 35.4. The largest absolute Gasteiger partial charge is 0.478 e. The van der Waals surface area contributed by atoms with E-state index >= 15 is 0 Å². The molecule has 1 rings (SSSR count). The number of thioether (sulfide) groups is 1. The predicted molar refractivity (Wildman–Crippen MR) is 56.0 cm³/mol. The minimum atomic E-state index is -4.29. The summed E-state index contributed by atoms with van der Waals surface area (Å²) in [4.78, 5) is 10.7. The third kappa shape index (κ3) is 4.89. The maximum Gasteiger partial charge on any atom is 0.441 e. The van der Waals surface area contributed by atoms with Gasteiger partial charge < -0.3 is 10.4 Å². The molecule has 0 unspecified atom stereocenters. The first kappa shape index (κ1) is 13.6. The lowest BCUT2D eigenvalue weighted by atomic mass is 10.3. The van der Waals surface area contributed by atoms with Crippen LogP contribution in [0.2, 0.25) is 0 Å². The Morgan fingerprint density at radius 1 is 1.53 bits per heavy atom. The number of hydrogen-bond acceptors (Lipinski definition) is 5. The van der Waals surface area contributed by atoms with Gasteiger partial charge in [0.25, 0.3) is 0 Å². The highest BCUT2D eigenvalue weighted by molar-refractivity contribution is 8.00. The molecule has 9 heteroatoms. The zero-order chi connectivity index (χ0) is 12.9. The van der Waals surface area contributed by atoms with Crippen LogP contribution in [-0.2, 0) is 0 Å². The van der Waals surface area contributed by atoms with Crippen molar-refractivity contribution in [3.63, 3.8) is 0 Å². The van der Waals surface area contributed by atoms with Gasteiger partial charge in [0.15, 0.2) is 5.82 Å². The second-order valence-electron chi connectivity index (χ2n) is 2.82. The normalized spacial score (nSPS) is 11.2. The lowest BCUT2D eigenvalue weighted by Crippen LogP contribution is -2.13. The topological polar surface area (TPSA) is 75.1 Å². The summed E-state index contributed by atoms with van der Waals surface area (Å²) in [5.41, 5.74) is -4.42. The van der Waals surface area contributed by atoms with Gasteiger partial charge in [0, 0.05) is 12.3 Å². The Labute approximate surface area is 98.4 Å². The van der Waals surface area contributed by atoms with E-state index in [1.54, 1.807) is 0 Å². The number of nitrogens with one attached hydrogen (secondary N) is 1. The minimum Gasteiger partial charge on any atom is -0.478 e. The fraction of sp³-hybridized carbons (Fsp3) is 0.375. The van der Waals surface area contributed by atoms with Gasteiger partial charge in [-0.15, -0.1) is 5.10 Å². The second-order valence-corrected chi connectivity index (χ2v) is 3.98. The molecule has 1 heterocycles. The Bertz CT molecular complexity index is 400. The van der Waals surface area contributed by atoms with Crippen LogP contribution in [0.3, 0.4) is 0 Å². The van der Waals surface area contributed by atoms with E-state index in [2.05, 4.69) is 15.5 Å². The standard InChI is InChI=1S/C8H8F3N3O2S/c9-8(10,11)17-4-3-12-6-5(7(15)16)1-2-13-14-6/h1-2H,3-4H2,(H,12,14)(H,15,16). The lowest BCUT2D eigenvalue weighted by Gasteiger charge is -2.08. The van der Waals surface area contributed by atoms with Crippen LogP contribution >= 0.6 is 11.8 Å². The third-order valence-electron chi connectivity index (χ3n) is 1.61. The van der Waals surface area contributed by atoms with E-state index in [0.717, 1.165) is 0 Å². The first-order valence-electron chi connectivity index (χ1n) is 4.39. The molecule has 2 N–H and O–H groups in total. The van der Waals surface area contributed by atoms with Crippen LogP contribution in [-0.4, -0.2) is 39.1 Å². The van der Waals surface area contributed by atoms with Crippen molar-refractivity contribution in [2.45, 2.75) is 5.51 Å². The summed E-state index contributed by atoms with van der Waals surface area (Å²) >= 11 is -0.191. The summed E-state index contributed by atoms with van der Waals surface area (Å²) in [6.07, 6.45) is 1.19. The molecule has 0 spiro atoms. The Hall–Kier alpha value is -1.51. The van der Waals surface area contributed by atoms with Crippen LogP contribution in [0.15, 0.2) is 12.3 Å². The van der Waals surface area contributed by atoms with Crippen molar-refractivity contribution < 1.29 is 23.1 Å². The van der Waals surface area contributed by atoms with E-state index in [1.165, 1.54) is 12.3 Å². The highest BCUT2D eigenvalue weighted by atomic mass is 32.2. The number of aromatic carboxylic acids is 1. The molecule has 0 aliphatic heterocycles. The number of anilines is 1. The number of alkyl halides is 3. The summed E-state index contributed by atoms with van der Waals surface area (Å²) in [5.74, 6) is -1.49. The molecular weight excluding hydrogens is 259 g/mol. The van der Waals surface area contributed by atoms with E-state index in [1.807, 2.05) is 0 Å². The third-order valence-corrected chi connectivity index (χ3v) is 2.35. The van der Waals surface area contributed by atoms with Gasteiger partial charge in [-0.05, 0) is 17.8 Å². The van der Waals surface area contributed by atoms with Crippen molar-refractivity contribution in [1.82, 2.24) is 10.2 Å². The number of carbonyl (C=O) groups is 1. The summed E-state index contributed by atoms with van der Waals surface area (Å²) in [6.45, 7) is -0.0524. The molecule has 0 aromatic carbocycles. The number of aromatic nitrogens is 2. The van der Waals surface area contributed by atoms with E-state index < -0.39 is 11.5 Å². The fourth-order valence-electron chi connectivity index (χ4n) is 0.971. The molecule has 0 radical (unpaired) electrons. The fourth-order valence-corrected chi connectivity index (χ4v) is 1.41. The van der Waals surface area contributed by atoms with Gasteiger partial charge in [-0.25, -0.2) is 4.79 Å².